The Kier molecular flexibility index (Phi) is 4.64. The second kappa shape index (κ2) is 5.83. The topological polar surface area (TPSA) is 39.7 Å². The van der Waals surface area contributed by atoms with Crippen molar-refractivity contribution in [2.24, 2.45) is 5.10 Å². The number of hydrazone groups is 1. The van der Waals surface area contributed by atoms with Gasteiger partial charge in [0.05, 0.1) is 6.20 Å². The van der Waals surface area contributed by atoms with Crippen LogP contribution in [0.2, 0.25) is 0 Å². The van der Waals surface area contributed by atoms with Crippen LogP contribution in [-0.4, -0.2) is 16.9 Å². The third-order valence-electron chi connectivity index (χ3n) is 1.60. The highest BCUT2D eigenvalue weighted by Crippen LogP contribution is 1.96. The Hall–Kier alpha value is -0.740. The van der Waals surface area contributed by atoms with Gasteiger partial charge in [-0.3, -0.25) is 5.43 Å². The molecule has 0 fully saturated rings. The zero-order valence-corrected chi connectivity index (χ0v) is 8.43. The zero-order chi connectivity index (χ0) is 9.52. The van der Waals surface area contributed by atoms with Gasteiger partial charge in [-0.2, -0.15) is 5.43 Å². The molecule has 1 aliphatic rings. The highest BCUT2D eigenvalue weighted by Gasteiger charge is 2.02. The molecule has 2 N–H and O–H groups in total. The van der Waals surface area contributed by atoms with Crippen LogP contribution in [0.25, 0.3) is 0 Å². The third kappa shape index (κ3) is 4.15. The molecule has 0 aromatic rings. The number of unbranched alkanes of at least 4 members (excludes halogenated alkanes) is 2. The Bertz CT molecular complexity index is 202. The van der Waals surface area contributed by atoms with E-state index in [9.17, 15) is 0 Å². The third-order valence-corrected chi connectivity index (χ3v) is 1.78. The number of nitrogens with zero attached hydrogens (tertiary/aromatic N) is 2. The molecule has 0 spiro atoms. The summed E-state index contributed by atoms with van der Waals surface area (Å²) >= 11 is 5.66. The van der Waals surface area contributed by atoms with Crippen LogP contribution in [0.1, 0.15) is 26.2 Å². The summed E-state index contributed by atoms with van der Waals surface area (Å²) in [6.07, 6.45) is 7.89. The molecule has 1 rings (SSSR count). The molecule has 0 unspecified atom stereocenters. The van der Waals surface area contributed by atoms with Crippen LogP contribution in [0, 0.1) is 6.20 Å². The molecule has 4 nitrogen and oxygen atoms in total. The van der Waals surface area contributed by atoms with Crippen molar-refractivity contribution in [3.05, 3.63) is 12.3 Å². The van der Waals surface area contributed by atoms with Gasteiger partial charge in [0.1, 0.15) is 0 Å². The van der Waals surface area contributed by atoms with Crippen LogP contribution in [-0.2, 0) is 0 Å². The molecule has 0 aromatic heterocycles. The fraction of sp³-hybridized carbons (Fsp3) is 0.625. The molecule has 0 bridgehead atoms. The monoisotopic (exact) mass is 201 g/mol. The van der Waals surface area contributed by atoms with Crippen molar-refractivity contribution in [2.75, 3.05) is 6.54 Å². The molecule has 73 valence electrons. The Morgan fingerprint density at radius 3 is 3.23 bits per heavy atom. The summed E-state index contributed by atoms with van der Waals surface area (Å²) in [5.41, 5.74) is 5.83. The van der Waals surface area contributed by atoms with Gasteiger partial charge in [0.25, 0.3) is 0 Å². The largest absolute Gasteiger partial charge is 0.265 e. The van der Waals surface area contributed by atoms with Gasteiger partial charge in [0.15, 0.2) is 5.17 Å². The van der Waals surface area contributed by atoms with Crippen molar-refractivity contribution in [3.8, 4) is 0 Å². The number of halogens is 1. The quantitative estimate of drug-likeness (QED) is 0.661. The van der Waals surface area contributed by atoms with Crippen LogP contribution in [0.15, 0.2) is 11.2 Å². The Balaban J connectivity index is 2.12. The number of allylic oxidation sites excluding steroid dienone is 1. The highest BCUT2D eigenvalue weighted by atomic mass is 35.5. The first kappa shape index (κ1) is 10.3. The Morgan fingerprint density at radius 1 is 1.69 bits per heavy atom. The highest BCUT2D eigenvalue weighted by molar-refractivity contribution is 6.68. The van der Waals surface area contributed by atoms with Crippen molar-refractivity contribution in [1.82, 2.24) is 16.1 Å². The summed E-state index contributed by atoms with van der Waals surface area (Å²) in [6.45, 7) is 3.06. The van der Waals surface area contributed by atoms with Crippen LogP contribution in [0.5, 0.6) is 0 Å². The number of rotatable bonds is 5. The van der Waals surface area contributed by atoms with Crippen molar-refractivity contribution in [1.29, 1.82) is 0 Å². The molecule has 0 aromatic carbocycles. The first-order chi connectivity index (χ1) is 6.33. The molecule has 1 aliphatic heterocycles. The smallest absolute Gasteiger partial charge is 0.154 e. The van der Waals surface area contributed by atoms with Crippen molar-refractivity contribution in [2.45, 2.75) is 26.2 Å². The molecule has 13 heavy (non-hydrogen) atoms. The summed E-state index contributed by atoms with van der Waals surface area (Å²) in [5, 5.41) is 5.84. The minimum Gasteiger partial charge on any atom is -0.265 e. The van der Waals surface area contributed by atoms with Crippen LogP contribution in [0.4, 0.5) is 0 Å². The van der Waals surface area contributed by atoms with Crippen LogP contribution in [0.3, 0.4) is 0 Å². The molecular weight excluding hydrogens is 188 g/mol. The molecule has 0 saturated carbocycles. The van der Waals surface area contributed by atoms with E-state index in [0.29, 0.717) is 5.17 Å². The van der Waals surface area contributed by atoms with E-state index in [-0.39, 0.29) is 0 Å². The molecule has 0 atom stereocenters. The van der Waals surface area contributed by atoms with Crippen molar-refractivity contribution < 1.29 is 0 Å². The van der Waals surface area contributed by atoms with Crippen LogP contribution >= 0.6 is 11.6 Å². The maximum Gasteiger partial charge on any atom is 0.154 e. The van der Waals surface area contributed by atoms with Gasteiger partial charge in [-0.05, 0) is 6.42 Å². The molecular formula is C8H14ClN4. The SMILES string of the molecule is CCCCCNN1N=C(Cl)C=[C]N1. The lowest BCUT2D eigenvalue weighted by Gasteiger charge is -2.20. The standard InChI is InChI=1S/C8H14ClN4/c1-2-3-4-6-10-13-11-7-5-8(9)12-13/h5,10-11H,2-4,6H2,1H3. The Labute approximate surface area is 83.6 Å². The minimum absolute atomic E-state index is 0.418. The lowest BCUT2D eigenvalue weighted by molar-refractivity contribution is 0.139. The van der Waals surface area contributed by atoms with Gasteiger partial charge in [-0.15, -0.1) is 10.3 Å². The van der Waals surface area contributed by atoms with E-state index in [0.717, 1.165) is 13.0 Å². The molecule has 1 heterocycles. The normalized spacial score (nSPS) is 15.5. The number of hydrogen-bond acceptors (Lipinski definition) is 4. The maximum absolute atomic E-state index is 5.66. The fourth-order valence-electron chi connectivity index (χ4n) is 0.937. The summed E-state index contributed by atoms with van der Waals surface area (Å²) < 4.78 is 0. The van der Waals surface area contributed by atoms with Crippen molar-refractivity contribution in [3.63, 3.8) is 0 Å². The van der Waals surface area contributed by atoms with E-state index in [4.69, 9.17) is 11.6 Å². The molecule has 0 aliphatic carbocycles. The number of nitrogens with one attached hydrogen (secondary N) is 2. The second-order valence-electron chi connectivity index (χ2n) is 2.75. The first-order valence-corrected chi connectivity index (χ1v) is 4.83. The minimum atomic E-state index is 0.418. The predicted molar refractivity (Wildman–Crippen MR) is 53.6 cm³/mol. The number of hydrogen-bond donors (Lipinski definition) is 2. The summed E-state index contributed by atoms with van der Waals surface area (Å²) in [5.74, 6) is 0. The lowest BCUT2D eigenvalue weighted by atomic mass is 10.3. The van der Waals surface area contributed by atoms with E-state index in [1.807, 2.05) is 0 Å². The molecule has 0 saturated heterocycles. The van der Waals surface area contributed by atoms with E-state index in [1.165, 1.54) is 18.1 Å². The number of hydrazine groups is 2. The van der Waals surface area contributed by atoms with Gasteiger partial charge in [-0.25, -0.2) is 0 Å². The predicted octanol–water partition coefficient (Wildman–Crippen LogP) is 1.37. The van der Waals surface area contributed by atoms with E-state index in [2.05, 4.69) is 29.1 Å². The maximum atomic E-state index is 5.66. The molecule has 0 amide bonds. The summed E-state index contributed by atoms with van der Waals surface area (Å²) in [6, 6.07) is 0. The van der Waals surface area contributed by atoms with E-state index in [1.54, 1.807) is 6.08 Å². The summed E-state index contributed by atoms with van der Waals surface area (Å²) in [7, 11) is 0. The van der Waals surface area contributed by atoms with Gasteiger partial charge >= 0.3 is 0 Å². The summed E-state index contributed by atoms with van der Waals surface area (Å²) in [4.78, 5) is 0. The average molecular weight is 202 g/mol. The van der Waals surface area contributed by atoms with Gasteiger partial charge < -0.3 is 0 Å². The van der Waals surface area contributed by atoms with Gasteiger partial charge in [-0.1, -0.05) is 31.4 Å². The van der Waals surface area contributed by atoms with E-state index < -0.39 is 0 Å². The molecule has 5 heteroatoms. The van der Waals surface area contributed by atoms with Crippen molar-refractivity contribution >= 4 is 16.8 Å². The first-order valence-electron chi connectivity index (χ1n) is 4.45. The van der Waals surface area contributed by atoms with E-state index >= 15 is 0 Å². The van der Waals surface area contributed by atoms with Gasteiger partial charge in [0, 0.05) is 12.6 Å². The average Bonchev–Trinajstić information content (AvgIpc) is 2.13. The molecule has 1 radical (unpaired) electrons. The Morgan fingerprint density at radius 2 is 2.54 bits per heavy atom. The lowest BCUT2D eigenvalue weighted by Crippen LogP contribution is -2.44. The second-order valence-corrected chi connectivity index (χ2v) is 3.14. The van der Waals surface area contributed by atoms with Gasteiger partial charge in [0.2, 0.25) is 0 Å². The van der Waals surface area contributed by atoms with Crippen LogP contribution < -0.4 is 10.9 Å². The zero-order valence-electron chi connectivity index (χ0n) is 7.68. The fourth-order valence-corrected chi connectivity index (χ4v) is 1.07.